The summed E-state index contributed by atoms with van der Waals surface area (Å²) in [6.45, 7) is 1.26. The number of rotatable bonds is 9. The van der Waals surface area contributed by atoms with Gasteiger partial charge < -0.3 is 30.6 Å². The standard InChI is InChI=1S/C23H25ClN6O4/c1-29(2)10-11-34-16-8-9-17(18(24)12-16)22(32)28-14-4-6-15(7-5-14)30(3)23(33)20-19(21(25)31)26-13-27-20/h4-9,12-13H,10-11H2,1-3H3,(H2,25,31)(H,26,27)(H,28,32). The van der Waals surface area contributed by atoms with E-state index < -0.39 is 11.8 Å². The average molecular weight is 485 g/mol. The van der Waals surface area contributed by atoms with Crippen LogP contribution in [0, 0.1) is 0 Å². The van der Waals surface area contributed by atoms with E-state index in [0.717, 1.165) is 6.54 Å². The van der Waals surface area contributed by atoms with Crippen molar-refractivity contribution in [1.82, 2.24) is 14.9 Å². The Hall–Kier alpha value is -3.89. The van der Waals surface area contributed by atoms with E-state index in [1.807, 2.05) is 19.0 Å². The molecule has 3 rings (SSSR count). The van der Waals surface area contributed by atoms with Crippen molar-refractivity contribution in [3.05, 3.63) is 70.8 Å². The normalized spacial score (nSPS) is 10.7. The lowest BCUT2D eigenvalue weighted by atomic mass is 10.2. The van der Waals surface area contributed by atoms with Crippen molar-refractivity contribution in [2.75, 3.05) is 44.5 Å². The highest BCUT2D eigenvalue weighted by molar-refractivity contribution is 6.34. The van der Waals surface area contributed by atoms with Crippen LogP contribution in [-0.2, 0) is 0 Å². The molecule has 1 aromatic heterocycles. The number of H-pyrrole nitrogens is 1. The Kier molecular flexibility index (Phi) is 7.87. The van der Waals surface area contributed by atoms with Gasteiger partial charge in [-0.3, -0.25) is 14.4 Å². The molecule has 3 amide bonds. The fourth-order valence-electron chi connectivity index (χ4n) is 3.00. The minimum Gasteiger partial charge on any atom is -0.492 e. The topological polar surface area (TPSA) is 134 Å². The SMILES string of the molecule is CN(C)CCOc1ccc(C(=O)Nc2ccc(N(C)C(=O)c3nc[nH]c3C(N)=O)cc2)c(Cl)c1. The number of benzene rings is 2. The first-order valence-electron chi connectivity index (χ1n) is 10.3. The number of nitrogens with two attached hydrogens (primary N) is 1. The lowest BCUT2D eigenvalue weighted by molar-refractivity contribution is 0.0958. The van der Waals surface area contributed by atoms with Crippen molar-refractivity contribution < 1.29 is 19.1 Å². The molecule has 1 heterocycles. The molecule has 34 heavy (non-hydrogen) atoms. The van der Waals surface area contributed by atoms with Crippen LogP contribution in [0.3, 0.4) is 0 Å². The molecule has 178 valence electrons. The number of aromatic amines is 1. The summed E-state index contributed by atoms with van der Waals surface area (Å²) < 4.78 is 5.63. The minimum atomic E-state index is -0.779. The van der Waals surface area contributed by atoms with Gasteiger partial charge in [0.25, 0.3) is 17.7 Å². The molecular weight excluding hydrogens is 460 g/mol. The summed E-state index contributed by atoms with van der Waals surface area (Å²) in [7, 11) is 5.44. The van der Waals surface area contributed by atoms with E-state index in [0.29, 0.717) is 29.3 Å². The summed E-state index contributed by atoms with van der Waals surface area (Å²) >= 11 is 6.28. The van der Waals surface area contributed by atoms with Crippen LogP contribution < -0.4 is 20.7 Å². The van der Waals surface area contributed by atoms with E-state index in [-0.39, 0.29) is 22.3 Å². The molecule has 0 bridgehead atoms. The summed E-state index contributed by atoms with van der Waals surface area (Å²) in [5.41, 5.74) is 6.46. The van der Waals surface area contributed by atoms with Crippen molar-refractivity contribution in [2.24, 2.45) is 5.73 Å². The molecule has 0 aliphatic rings. The van der Waals surface area contributed by atoms with Gasteiger partial charge in [0.2, 0.25) is 0 Å². The molecule has 0 fully saturated rings. The molecule has 11 heteroatoms. The largest absolute Gasteiger partial charge is 0.492 e. The van der Waals surface area contributed by atoms with E-state index >= 15 is 0 Å². The maximum atomic E-state index is 12.7. The van der Waals surface area contributed by atoms with Gasteiger partial charge in [-0.1, -0.05) is 11.6 Å². The molecule has 0 saturated carbocycles. The number of hydrogen-bond acceptors (Lipinski definition) is 6. The van der Waals surface area contributed by atoms with Gasteiger partial charge in [0.15, 0.2) is 5.69 Å². The van der Waals surface area contributed by atoms with Crippen LogP contribution in [0.5, 0.6) is 5.75 Å². The lowest BCUT2D eigenvalue weighted by Gasteiger charge is -2.17. The highest BCUT2D eigenvalue weighted by Gasteiger charge is 2.22. The summed E-state index contributed by atoms with van der Waals surface area (Å²) in [6.07, 6.45) is 1.23. The first kappa shape index (κ1) is 24.7. The van der Waals surface area contributed by atoms with Crippen molar-refractivity contribution in [3.8, 4) is 5.75 Å². The van der Waals surface area contributed by atoms with E-state index in [1.165, 1.54) is 18.3 Å². The zero-order chi connectivity index (χ0) is 24.8. The minimum absolute atomic E-state index is 0.0632. The molecule has 0 atom stereocenters. The summed E-state index contributed by atoms with van der Waals surface area (Å²) in [5, 5.41) is 3.04. The van der Waals surface area contributed by atoms with Gasteiger partial charge in [-0.25, -0.2) is 4.98 Å². The molecule has 3 aromatic rings. The number of halogens is 1. The molecule has 0 aliphatic carbocycles. The van der Waals surface area contributed by atoms with Crippen LogP contribution in [0.4, 0.5) is 11.4 Å². The zero-order valence-electron chi connectivity index (χ0n) is 19.0. The number of hydrogen-bond donors (Lipinski definition) is 3. The third-order valence-corrected chi connectivity index (χ3v) is 5.21. The van der Waals surface area contributed by atoms with Crippen LogP contribution >= 0.6 is 11.6 Å². The number of primary amides is 1. The number of likely N-dealkylation sites (N-methyl/N-ethyl adjacent to an activating group) is 1. The van der Waals surface area contributed by atoms with Crippen molar-refractivity contribution in [2.45, 2.75) is 0 Å². The highest BCUT2D eigenvalue weighted by Crippen LogP contribution is 2.25. The van der Waals surface area contributed by atoms with Gasteiger partial charge in [0, 0.05) is 25.0 Å². The van der Waals surface area contributed by atoms with Gasteiger partial charge in [-0.2, -0.15) is 0 Å². The van der Waals surface area contributed by atoms with E-state index in [1.54, 1.807) is 42.5 Å². The van der Waals surface area contributed by atoms with Crippen LogP contribution in [0.1, 0.15) is 31.3 Å². The monoisotopic (exact) mass is 484 g/mol. The number of carbonyl (C=O) groups is 3. The fraction of sp³-hybridized carbons (Fsp3) is 0.217. The Morgan fingerprint density at radius 3 is 2.44 bits per heavy atom. The number of aromatic nitrogens is 2. The van der Waals surface area contributed by atoms with E-state index in [9.17, 15) is 14.4 Å². The predicted octanol–water partition coefficient (Wildman–Crippen LogP) is 2.63. The molecule has 0 spiro atoms. The first-order valence-corrected chi connectivity index (χ1v) is 10.6. The molecule has 0 unspecified atom stereocenters. The Morgan fingerprint density at radius 2 is 1.82 bits per heavy atom. The van der Waals surface area contributed by atoms with Gasteiger partial charge >= 0.3 is 0 Å². The lowest BCUT2D eigenvalue weighted by Crippen LogP contribution is -2.29. The second kappa shape index (κ2) is 10.8. The second-order valence-electron chi connectivity index (χ2n) is 7.65. The van der Waals surface area contributed by atoms with Crippen molar-refractivity contribution in [1.29, 1.82) is 0 Å². The molecule has 0 saturated heterocycles. The number of ether oxygens (including phenoxy) is 1. The maximum Gasteiger partial charge on any atom is 0.279 e. The fourth-order valence-corrected chi connectivity index (χ4v) is 3.26. The molecule has 2 aromatic carbocycles. The Morgan fingerprint density at radius 1 is 1.12 bits per heavy atom. The number of carbonyl (C=O) groups excluding carboxylic acids is 3. The summed E-state index contributed by atoms with van der Waals surface area (Å²) in [6, 6.07) is 11.5. The Bertz CT molecular complexity index is 1190. The van der Waals surface area contributed by atoms with Gasteiger partial charge in [0.1, 0.15) is 18.1 Å². The number of nitrogens with zero attached hydrogens (tertiary/aromatic N) is 3. The second-order valence-corrected chi connectivity index (χ2v) is 8.06. The van der Waals surface area contributed by atoms with E-state index in [2.05, 4.69) is 15.3 Å². The van der Waals surface area contributed by atoms with Gasteiger partial charge in [-0.05, 0) is 56.6 Å². The summed E-state index contributed by atoms with van der Waals surface area (Å²) in [4.78, 5) is 46.6. The summed E-state index contributed by atoms with van der Waals surface area (Å²) in [5.74, 6) is -1.09. The molecular formula is C23H25ClN6O4. The zero-order valence-corrected chi connectivity index (χ0v) is 19.7. The van der Waals surface area contributed by atoms with Crippen molar-refractivity contribution in [3.63, 3.8) is 0 Å². The number of anilines is 2. The number of imidazole rings is 1. The van der Waals surface area contributed by atoms with Gasteiger partial charge in [0.05, 0.1) is 16.9 Å². The Labute approximate surface area is 201 Å². The Balaban J connectivity index is 1.65. The number of amides is 3. The van der Waals surface area contributed by atoms with Crippen LogP contribution in [-0.4, -0.2) is 66.9 Å². The number of nitrogens with one attached hydrogen (secondary N) is 2. The average Bonchev–Trinajstić information content (AvgIpc) is 3.29. The third kappa shape index (κ3) is 5.91. The molecule has 0 aliphatic heterocycles. The van der Waals surface area contributed by atoms with E-state index in [4.69, 9.17) is 22.1 Å². The third-order valence-electron chi connectivity index (χ3n) is 4.90. The quantitative estimate of drug-likeness (QED) is 0.427. The van der Waals surface area contributed by atoms with Crippen molar-refractivity contribution >= 4 is 40.7 Å². The van der Waals surface area contributed by atoms with Crippen LogP contribution in [0.2, 0.25) is 5.02 Å². The molecule has 10 nitrogen and oxygen atoms in total. The smallest absolute Gasteiger partial charge is 0.279 e. The van der Waals surface area contributed by atoms with Gasteiger partial charge in [-0.15, -0.1) is 0 Å². The highest BCUT2D eigenvalue weighted by atomic mass is 35.5. The first-order chi connectivity index (χ1) is 16.2. The van der Waals surface area contributed by atoms with Crippen LogP contribution in [0.25, 0.3) is 0 Å². The molecule has 0 radical (unpaired) electrons. The molecule has 4 N–H and O–H groups in total. The maximum absolute atomic E-state index is 12.7. The van der Waals surface area contributed by atoms with Crippen LogP contribution in [0.15, 0.2) is 48.8 Å². The predicted molar refractivity (Wildman–Crippen MR) is 130 cm³/mol.